The average molecular weight is 396 g/mol. The van der Waals surface area contributed by atoms with Crippen molar-refractivity contribution in [3.63, 3.8) is 0 Å². The van der Waals surface area contributed by atoms with Gasteiger partial charge in [0.2, 0.25) is 0 Å². The summed E-state index contributed by atoms with van der Waals surface area (Å²) in [5.74, 6) is 1.33. The van der Waals surface area contributed by atoms with E-state index in [4.69, 9.17) is 4.42 Å². The lowest BCUT2D eigenvalue weighted by Crippen LogP contribution is -2.10. The molecule has 8 nitrogen and oxygen atoms in total. The number of imidazole rings is 1. The normalized spacial score (nSPS) is 10.8. The Labute approximate surface area is 171 Å². The molecule has 0 fully saturated rings. The fourth-order valence-electron chi connectivity index (χ4n) is 3.02. The molecule has 0 unspecified atom stereocenters. The third-order valence-corrected chi connectivity index (χ3v) is 4.49. The van der Waals surface area contributed by atoms with E-state index in [0.29, 0.717) is 22.9 Å². The number of nitrogens with one attached hydrogen (secondary N) is 2. The summed E-state index contributed by atoms with van der Waals surface area (Å²) in [7, 11) is 0. The molecule has 0 saturated heterocycles. The lowest BCUT2D eigenvalue weighted by Gasteiger charge is -2.08. The highest BCUT2D eigenvalue weighted by atomic mass is 16.3. The number of hydrogen-bond donors (Lipinski definition) is 2. The molecule has 5 rings (SSSR count). The molecule has 146 valence electrons. The van der Waals surface area contributed by atoms with Gasteiger partial charge in [-0.15, -0.1) is 0 Å². The Bertz CT molecular complexity index is 1280. The monoisotopic (exact) mass is 396 g/mol. The van der Waals surface area contributed by atoms with Gasteiger partial charge < -0.3 is 15.1 Å². The van der Waals surface area contributed by atoms with Gasteiger partial charge in [0.15, 0.2) is 5.76 Å². The van der Waals surface area contributed by atoms with Gasteiger partial charge in [0.25, 0.3) is 5.91 Å². The fraction of sp³-hybridized carbons (Fsp3) is 0. The lowest BCUT2D eigenvalue weighted by molar-refractivity contribution is 0.0998. The molecule has 0 aliphatic heterocycles. The van der Waals surface area contributed by atoms with Crippen LogP contribution in [0.5, 0.6) is 0 Å². The van der Waals surface area contributed by atoms with Gasteiger partial charge in [-0.1, -0.05) is 18.2 Å². The molecule has 0 atom stereocenters. The predicted molar refractivity (Wildman–Crippen MR) is 113 cm³/mol. The number of hydrogen-bond acceptors (Lipinski definition) is 6. The molecule has 0 radical (unpaired) electrons. The number of aromatic nitrogens is 4. The number of carbonyl (C=O) groups excluding carboxylic acids is 1. The zero-order valence-corrected chi connectivity index (χ0v) is 15.7. The van der Waals surface area contributed by atoms with Gasteiger partial charge in [0.1, 0.15) is 29.9 Å². The number of anilines is 3. The smallest absolute Gasteiger partial charge is 0.291 e. The Kier molecular flexibility index (Phi) is 4.41. The molecule has 0 spiro atoms. The minimum Gasteiger partial charge on any atom is -0.451 e. The van der Waals surface area contributed by atoms with Gasteiger partial charge in [-0.2, -0.15) is 0 Å². The molecule has 2 aromatic carbocycles. The van der Waals surface area contributed by atoms with Gasteiger partial charge in [-0.3, -0.25) is 9.36 Å². The molecular weight excluding hydrogens is 380 g/mol. The Morgan fingerprint density at radius 2 is 1.80 bits per heavy atom. The van der Waals surface area contributed by atoms with Crippen molar-refractivity contribution in [1.82, 2.24) is 19.5 Å². The second-order valence-electron chi connectivity index (χ2n) is 6.54. The zero-order valence-electron chi connectivity index (χ0n) is 15.7. The number of rotatable bonds is 5. The highest BCUT2D eigenvalue weighted by Gasteiger charge is 2.12. The summed E-state index contributed by atoms with van der Waals surface area (Å²) >= 11 is 0. The molecule has 2 N–H and O–H groups in total. The predicted octanol–water partition coefficient (Wildman–Crippen LogP) is 4.40. The SMILES string of the molecule is O=C(Nc1ccc(Nc2cc(-n3ccnc3)ncn2)cc1)c1cc2ccccc2o1. The van der Waals surface area contributed by atoms with Gasteiger partial charge in [-0.25, -0.2) is 15.0 Å². The van der Waals surface area contributed by atoms with Crippen LogP contribution in [-0.4, -0.2) is 25.4 Å². The molecular formula is C22H16N6O2. The number of furan rings is 1. The van der Waals surface area contributed by atoms with Gasteiger partial charge in [0.05, 0.1) is 0 Å². The molecule has 3 heterocycles. The second-order valence-corrected chi connectivity index (χ2v) is 6.54. The number of benzene rings is 2. The molecule has 0 aliphatic carbocycles. The number of nitrogens with zero attached hydrogens (tertiary/aromatic N) is 4. The van der Waals surface area contributed by atoms with E-state index in [1.54, 1.807) is 35.3 Å². The first kappa shape index (κ1) is 17.6. The van der Waals surface area contributed by atoms with E-state index in [9.17, 15) is 4.79 Å². The molecule has 5 aromatic rings. The van der Waals surface area contributed by atoms with E-state index < -0.39 is 0 Å². The fourth-order valence-corrected chi connectivity index (χ4v) is 3.02. The van der Waals surface area contributed by atoms with E-state index in [0.717, 1.165) is 11.1 Å². The summed E-state index contributed by atoms with van der Waals surface area (Å²) in [6, 6.07) is 18.4. The summed E-state index contributed by atoms with van der Waals surface area (Å²) in [5, 5.41) is 6.95. The van der Waals surface area contributed by atoms with Crippen LogP contribution in [0.15, 0.2) is 90.1 Å². The van der Waals surface area contributed by atoms with Crippen LogP contribution in [0.4, 0.5) is 17.2 Å². The molecule has 1 amide bonds. The number of amides is 1. The van der Waals surface area contributed by atoms with Crippen LogP contribution >= 0.6 is 0 Å². The van der Waals surface area contributed by atoms with E-state index in [1.807, 2.05) is 48.7 Å². The van der Waals surface area contributed by atoms with E-state index in [1.165, 1.54) is 6.33 Å². The van der Waals surface area contributed by atoms with Crippen molar-refractivity contribution in [3.05, 3.63) is 91.5 Å². The molecule has 0 aliphatic rings. The van der Waals surface area contributed by atoms with E-state index in [2.05, 4.69) is 25.6 Å². The van der Waals surface area contributed by atoms with Crippen LogP contribution in [-0.2, 0) is 0 Å². The Morgan fingerprint density at radius 3 is 2.60 bits per heavy atom. The standard InChI is InChI=1S/C22H16N6O2/c29-22(19-11-15-3-1-2-4-18(15)30-19)27-17-7-5-16(6-8-17)26-20-12-21(25-13-24-20)28-10-9-23-14-28/h1-14H,(H,27,29)(H,24,25,26). The van der Waals surface area contributed by atoms with Crippen LogP contribution in [0, 0.1) is 0 Å². The minimum atomic E-state index is -0.298. The first-order valence-electron chi connectivity index (χ1n) is 9.22. The van der Waals surface area contributed by atoms with Gasteiger partial charge >= 0.3 is 0 Å². The van der Waals surface area contributed by atoms with Crippen molar-refractivity contribution >= 4 is 34.1 Å². The van der Waals surface area contributed by atoms with Crippen LogP contribution in [0.25, 0.3) is 16.8 Å². The van der Waals surface area contributed by atoms with Gasteiger partial charge in [-0.05, 0) is 36.4 Å². The summed E-state index contributed by atoms with van der Waals surface area (Å²) < 4.78 is 7.40. The summed E-state index contributed by atoms with van der Waals surface area (Å²) in [5.41, 5.74) is 2.17. The van der Waals surface area contributed by atoms with Crippen LogP contribution in [0.2, 0.25) is 0 Å². The maximum Gasteiger partial charge on any atom is 0.291 e. The maximum absolute atomic E-state index is 12.5. The molecule has 0 saturated carbocycles. The van der Waals surface area contributed by atoms with Crippen molar-refractivity contribution < 1.29 is 9.21 Å². The van der Waals surface area contributed by atoms with Crippen molar-refractivity contribution in [3.8, 4) is 5.82 Å². The van der Waals surface area contributed by atoms with Crippen molar-refractivity contribution in [2.45, 2.75) is 0 Å². The number of para-hydroxylation sites is 1. The minimum absolute atomic E-state index is 0.270. The quantitative estimate of drug-likeness (QED) is 0.457. The second kappa shape index (κ2) is 7.51. The Hall–Kier alpha value is -4.46. The highest BCUT2D eigenvalue weighted by molar-refractivity contribution is 6.04. The molecule has 3 aromatic heterocycles. The van der Waals surface area contributed by atoms with Crippen molar-refractivity contribution in [1.29, 1.82) is 0 Å². The summed E-state index contributed by atoms with van der Waals surface area (Å²) in [4.78, 5) is 25.0. The Morgan fingerprint density at radius 1 is 0.967 bits per heavy atom. The molecule has 30 heavy (non-hydrogen) atoms. The highest BCUT2D eigenvalue weighted by Crippen LogP contribution is 2.22. The maximum atomic E-state index is 12.5. The summed E-state index contributed by atoms with van der Waals surface area (Å²) in [6.45, 7) is 0. The third-order valence-electron chi connectivity index (χ3n) is 4.49. The first-order chi connectivity index (χ1) is 14.7. The topological polar surface area (TPSA) is 97.9 Å². The first-order valence-corrected chi connectivity index (χ1v) is 9.22. The van der Waals surface area contributed by atoms with Crippen molar-refractivity contribution in [2.24, 2.45) is 0 Å². The van der Waals surface area contributed by atoms with Gasteiger partial charge in [0, 0.05) is 35.2 Å². The van der Waals surface area contributed by atoms with Crippen LogP contribution in [0.3, 0.4) is 0 Å². The zero-order chi connectivity index (χ0) is 20.3. The third kappa shape index (κ3) is 3.61. The van der Waals surface area contributed by atoms with Crippen LogP contribution < -0.4 is 10.6 Å². The largest absolute Gasteiger partial charge is 0.451 e. The van der Waals surface area contributed by atoms with E-state index >= 15 is 0 Å². The summed E-state index contributed by atoms with van der Waals surface area (Å²) in [6.07, 6.45) is 6.66. The number of carbonyl (C=O) groups is 1. The number of fused-ring (bicyclic) bond motifs is 1. The molecule has 0 bridgehead atoms. The van der Waals surface area contributed by atoms with Crippen LogP contribution in [0.1, 0.15) is 10.6 Å². The average Bonchev–Trinajstić information content (AvgIpc) is 3.45. The lowest BCUT2D eigenvalue weighted by atomic mass is 10.2. The van der Waals surface area contributed by atoms with Crippen molar-refractivity contribution in [2.75, 3.05) is 10.6 Å². The molecule has 8 heteroatoms. The Balaban J connectivity index is 1.27. The van der Waals surface area contributed by atoms with E-state index in [-0.39, 0.29) is 11.7 Å².